The molecular formula is C21H31N3O2. The first kappa shape index (κ1) is 18.9. The van der Waals surface area contributed by atoms with Gasteiger partial charge in [0.05, 0.1) is 13.0 Å². The molecule has 1 aromatic rings. The predicted octanol–water partition coefficient (Wildman–Crippen LogP) is 2.08. The molecule has 142 valence electrons. The van der Waals surface area contributed by atoms with E-state index in [0.717, 1.165) is 38.0 Å². The minimum absolute atomic E-state index is 0.190. The largest absolute Gasteiger partial charge is 0.340 e. The third-order valence-corrected chi connectivity index (χ3v) is 5.81. The second kappa shape index (κ2) is 8.67. The third kappa shape index (κ3) is 4.64. The Hall–Kier alpha value is -1.88. The highest BCUT2D eigenvalue weighted by Crippen LogP contribution is 2.17. The van der Waals surface area contributed by atoms with Crippen molar-refractivity contribution in [3.63, 3.8) is 0 Å². The van der Waals surface area contributed by atoms with Gasteiger partial charge in [-0.15, -0.1) is 0 Å². The maximum Gasteiger partial charge on any atom is 0.236 e. The van der Waals surface area contributed by atoms with Gasteiger partial charge in [-0.3, -0.25) is 14.5 Å². The van der Waals surface area contributed by atoms with Crippen LogP contribution in [0.1, 0.15) is 37.3 Å². The molecule has 5 nitrogen and oxygen atoms in total. The van der Waals surface area contributed by atoms with E-state index in [-0.39, 0.29) is 11.8 Å². The molecular weight excluding hydrogens is 326 g/mol. The molecule has 2 heterocycles. The van der Waals surface area contributed by atoms with E-state index in [1.807, 2.05) is 41.0 Å². The van der Waals surface area contributed by atoms with Crippen molar-refractivity contribution in [2.75, 3.05) is 39.3 Å². The van der Waals surface area contributed by atoms with Crippen LogP contribution in [-0.4, -0.2) is 71.8 Å². The fourth-order valence-electron chi connectivity index (χ4n) is 3.99. The standard InChI is InChI=1S/C21H31N3O2/c1-17-7-3-4-9-19(17)15-20(25)23-13-11-22(12-14-23)16-21(26)24-10-6-5-8-18(24)2/h3-4,7,9,18H,5-6,8,10-16H2,1-2H3. The van der Waals surface area contributed by atoms with Crippen LogP contribution in [-0.2, 0) is 16.0 Å². The predicted molar refractivity (Wildman–Crippen MR) is 103 cm³/mol. The van der Waals surface area contributed by atoms with Crippen LogP contribution in [0.2, 0.25) is 0 Å². The maximum absolute atomic E-state index is 12.6. The van der Waals surface area contributed by atoms with Gasteiger partial charge in [-0.05, 0) is 44.2 Å². The summed E-state index contributed by atoms with van der Waals surface area (Å²) in [5.41, 5.74) is 2.27. The van der Waals surface area contributed by atoms with Crippen LogP contribution in [0.25, 0.3) is 0 Å². The Kier molecular flexibility index (Phi) is 6.30. The number of rotatable bonds is 4. The second-order valence-corrected chi connectivity index (χ2v) is 7.69. The SMILES string of the molecule is Cc1ccccc1CC(=O)N1CCN(CC(=O)N2CCCCC2C)CC1. The van der Waals surface area contributed by atoms with Gasteiger partial charge >= 0.3 is 0 Å². The number of likely N-dealkylation sites (tertiary alicyclic amines) is 1. The van der Waals surface area contributed by atoms with Crippen molar-refractivity contribution in [3.8, 4) is 0 Å². The van der Waals surface area contributed by atoms with Crippen LogP contribution in [0.5, 0.6) is 0 Å². The molecule has 2 saturated heterocycles. The van der Waals surface area contributed by atoms with E-state index >= 15 is 0 Å². The smallest absolute Gasteiger partial charge is 0.236 e. The van der Waals surface area contributed by atoms with Crippen LogP contribution >= 0.6 is 0 Å². The van der Waals surface area contributed by atoms with Gasteiger partial charge in [0.15, 0.2) is 0 Å². The Morgan fingerprint density at radius 1 is 1.00 bits per heavy atom. The number of aryl methyl sites for hydroxylation is 1. The van der Waals surface area contributed by atoms with Gasteiger partial charge < -0.3 is 9.80 Å². The molecule has 2 amide bonds. The molecule has 0 aliphatic carbocycles. The lowest BCUT2D eigenvalue weighted by atomic mass is 10.0. The number of amides is 2. The average Bonchev–Trinajstić information content (AvgIpc) is 2.64. The number of piperidine rings is 1. The van der Waals surface area contributed by atoms with E-state index in [1.165, 1.54) is 12.0 Å². The van der Waals surface area contributed by atoms with Gasteiger partial charge in [-0.25, -0.2) is 0 Å². The normalized spacial score (nSPS) is 21.7. The number of hydrogen-bond donors (Lipinski definition) is 0. The zero-order valence-electron chi connectivity index (χ0n) is 16.1. The Balaban J connectivity index is 1.46. The Labute approximate surface area is 156 Å². The summed E-state index contributed by atoms with van der Waals surface area (Å²) in [6.07, 6.45) is 3.94. The van der Waals surface area contributed by atoms with Gasteiger partial charge in [-0.2, -0.15) is 0 Å². The molecule has 1 unspecified atom stereocenters. The molecule has 3 rings (SSSR count). The lowest BCUT2D eigenvalue weighted by Crippen LogP contribution is -2.53. The van der Waals surface area contributed by atoms with E-state index in [9.17, 15) is 9.59 Å². The topological polar surface area (TPSA) is 43.9 Å². The first-order valence-electron chi connectivity index (χ1n) is 9.88. The summed E-state index contributed by atoms with van der Waals surface area (Å²) in [5.74, 6) is 0.437. The molecule has 1 aromatic carbocycles. The number of hydrogen-bond acceptors (Lipinski definition) is 3. The number of benzene rings is 1. The van der Waals surface area contributed by atoms with Crippen molar-refractivity contribution in [2.45, 2.75) is 45.6 Å². The van der Waals surface area contributed by atoms with Crippen LogP contribution in [0.4, 0.5) is 0 Å². The molecule has 0 saturated carbocycles. The highest BCUT2D eigenvalue weighted by atomic mass is 16.2. The van der Waals surface area contributed by atoms with Gasteiger partial charge in [0.25, 0.3) is 0 Å². The fourth-order valence-corrected chi connectivity index (χ4v) is 3.99. The Morgan fingerprint density at radius 2 is 1.73 bits per heavy atom. The lowest BCUT2D eigenvalue weighted by Gasteiger charge is -2.38. The van der Waals surface area contributed by atoms with Crippen molar-refractivity contribution in [1.82, 2.24) is 14.7 Å². The quantitative estimate of drug-likeness (QED) is 0.829. The highest BCUT2D eigenvalue weighted by molar-refractivity contribution is 5.80. The van der Waals surface area contributed by atoms with E-state index in [1.54, 1.807) is 0 Å². The van der Waals surface area contributed by atoms with Crippen LogP contribution < -0.4 is 0 Å². The summed E-state index contributed by atoms with van der Waals surface area (Å²) in [5, 5.41) is 0. The Morgan fingerprint density at radius 3 is 2.42 bits per heavy atom. The first-order valence-corrected chi connectivity index (χ1v) is 9.88. The number of piperazine rings is 1. The summed E-state index contributed by atoms with van der Waals surface area (Å²) in [6, 6.07) is 8.44. The zero-order valence-corrected chi connectivity index (χ0v) is 16.1. The summed E-state index contributed by atoms with van der Waals surface area (Å²) in [7, 11) is 0. The Bertz CT molecular complexity index is 638. The van der Waals surface area contributed by atoms with E-state index in [4.69, 9.17) is 0 Å². The molecule has 5 heteroatoms. The minimum atomic E-state index is 0.190. The van der Waals surface area contributed by atoms with Crippen LogP contribution in [0, 0.1) is 6.92 Å². The molecule has 0 bridgehead atoms. The van der Waals surface area contributed by atoms with Gasteiger partial charge in [0.2, 0.25) is 11.8 Å². The van der Waals surface area contributed by atoms with E-state index in [0.29, 0.717) is 32.1 Å². The number of nitrogens with zero attached hydrogens (tertiary/aromatic N) is 3. The highest BCUT2D eigenvalue weighted by Gasteiger charge is 2.27. The van der Waals surface area contributed by atoms with Crippen molar-refractivity contribution in [3.05, 3.63) is 35.4 Å². The third-order valence-electron chi connectivity index (χ3n) is 5.81. The monoisotopic (exact) mass is 357 g/mol. The minimum Gasteiger partial charge on any atom is -0.340 e. The summed E-state index contributed by atoms with van der Waals surface area (Å²) >= 11 is 0. The molecule has 0 aromatic heterocycles. The van der Waals surface area contributed by atoms with Crippen molar-refractivity contribution in [1.29, 1.82) is 0 Å². The molecule has 2 aliphatic rings. The number of carbonyl (C=O) groups excluding carboxylic acids is 2. The summed E-state index contributed by atoms with van der Waals surface area (Å²) in [4.78, 5) is 31.3. The molecule has 2 fully saturated rings. The molecule has 0 radical (unpaired) electrons. The fraction of sp³-hybridized carbons (Fsp3) is 0.619. The summed E-state index contributed by atoms with van der Waals surface area (Å²) in [6.45, 7) is 8.59. The molecule has 2 aliphatic heterocycles. The second-order valence-electron chi connectivity index (χ2n) is 7.69. The van der Waals surface area contributed by atoms with Gasteiger partial charge in [0, 0.05) is 38.8 Å². The lowest BCUT2D eigenvalue weighted by molar-refractivity contribution is -0.137. The zero-order chi connectivity index (χ0) is 18.5. The van der Waals surface area contributed by atoms with E-state index in [2.05, 4.69) is 11.8 Å². The van der Waals surface area contributed by atoms with Crippen LogP contribution in [0.3, 0.4) is 0 Å². The molecule has 0 spiro atoms. The van der Waals surface area contributed by atoms with Crippen molar-refractivity contribution < 1.29 is 9.59 Å². The van der Waals surface area contributed by atoms with E-state index < -0.39 is 0 Å². The van der Waals surface area contributed by atoms with Gasteiger partial charge in [-0.1, -0.05) is 24.3 Å². The van der Waals surface area contributed by atoms with Crippen LogP contribution in [0.15, 0.2) is 24.3 Å². The molecule has 1 atom stereocenters. The summed E-state index contributed by atoms with van der Waals surface area (Å²) < 4.78 is 0. The van der Waals surface area contributed by atoms with Gasteiger partial charge in [0.1, 0.15) is 0 Å². The average molecular weight is 357 g/mol. The number of carbonyl (C=O) groups is 2. The maximum atomic E-state index is 12.6. The molecule has 26 heavy (non-hydrogen) atoms. The van der Waals surface area contributed by atoms with Crippen molar-refractivity contribution in [2.24, 2.45) is 0 Å². The van der Waals surface area contributed by atoms with Crippen molar-refractivity contribution >= 4 is 11.8 Å². The molecule has 0 N–H and O–H groups in total. The first-order chi connectivity index (χ1) is 12.5.